The van der Waals surface area contributed by atoms with Crippen LogP contribution < -0.4 is 15.1 Å². The average Bonchev–Trinajstić information content (AvgIpc) is 3.60. The zero-order valence-corrected chi connectivity index (χ0v) is 20.6. The Morgan fingerprint density at radius 3 is 2.83 bits per heavy atom. The predicted octanol–water partition coefficient (Wildman–Crippen LogP) is 3.79. The number of rotatable bonds is 9. The third-order valence-corrected chi connectivity index (χ3v) is 8.11. The van der Waals surface area contributed by atoms with Gasteiger partial charge in [-0.05, 0) is 55.8 Å². The van der Waals surface area contributed by atoms with E-state index in [9.17, 15) is 12.8 Å². The van der Waals surface area contributed by atoms with Gasteiger partial charge >= 0.3 is 0 Å². The summed E-state index contributed by atoms with van der Waals surface area (Å²) in [5.41, 5.74) is 4.93. The number of halogens is 1. The van der Waals surface area contributed by atoms with Gasteiger partial charge in [0, 0.05) is 41.9 Å². The highest BCUT2D eigenvalue weighted by molar-refractivity contribution is 7.93. The van der Waals surface area contributed by atoms with Crippen LogP contribution in [0.4, 0.5) is 15.2 Å². The number of aromatic nitrogens is 3. The molecule has 12 heteroatoms. The third-order valence-electron chi connectivity index (χ3n) is 6.04. The average molecular weight is 517 g/mol. The SMILES string of the molecule is C[C@H](CON[C@@H]1CCN(c2ccc(S(=O)(=O)Nc3ncns3)cc2)C1)n1ccc2c(F)cccc21. The lowest BCUT2D eigenvalue weighted by molar-refractivity contribution is 0.00532. The molecule has 0 aliphatic carbocycles. The van der Waals surface area contributed by atoms with Crippen molar-refractivity contribution in [3.05, 3.63) is 66.9 Å². The van der Waals surface area contributed by atoms with Crippen molar-refractivity contribution in [1.29, 1.82) is 0 Å². The van der Waals surface area contributed by atoms with Crippen LogP contribution in [0.25, 0.3) is 10.9 Å². The maximum Gasteiger partial charge on any atom is 0.263 e. The highest BCUT2D eigenvalue weighted by Gasteiger charge is 2.24. The molecule has 184 valence electrons. The molecule has 0 amide bonds. The van der Waals surface area contributed by atoms with E-state index in [0.717, 1.165) is 42.2 Å². The van der Waals surface area contributed by atoms with E-state index in [1.54, 1.807) is 36.4 Å². The first kappa shape index (κ1) is 23.7. The van der Waals surface area contributed by atoms with Crippen LogP contribution in [0, 0.1) is 5.82 Å². The summed E-state index contributed by atoms with van der Waals surface area (Å²) in [5, 5.41) is 0.836. The topological polar surface area (TPSA) is 101 Å². The van der Waals surface area contributed by atoms with Gasteiger partial charge in [-0.25, -0.2) is 17.8 Å². The van der Waals surface area contributed by atoms with Crippen LogP contribution in [0.15, 0.2) is 66.0 Å². The lowest BCUT2D eigenvalue weighted by Gasteiger charge is -2.20. The fraction of sp³-hybridized carbons (Fsp3) is 0.304. The van der Waals surface area contributed by atoms with Crippen LogP contribution >= 0.6 is 11.5 Å². The van der Waals surface area contributed by atoms with Crippen molar-refractivity contribution < 1.29 is 17.6 Å². The van der Waals surface area contributed by atoms with Crippen LogP contribution in [0.2, 0.25) is 0 Å². The van der Waals surface area contributed by atoms with Crippen LogP contribution in [0.1, 0.15) is 19.4 Å². The molecule has 3 heterocycles. The molecule has 0 bridgehead atoms. The van der Waals surface area contributed by atoms with Gasteiger partial charge in [0.25, 0.3) is 10.0 Å². The number of hydroxylamine groups is 1. The number of anilines is 2. The molecule has 0 spiro atoms. The number of fused-ring (bicyclic) bond motifs is 1. The number of nitrogens with zero attached hydrogens (tertiary/aromatic N) is 4. The second-order valence-electron chi connectivity index (χ2n) is 8.45. The zero-order valence-electron chi connectivity index (χ0n) is 19.0. The lowest BCUT2D eigenvalue weighted by atomic mass is 10.2. The number of sulfonamides is 1. The summed E-state index contributed by atoms with van der Waals surface area (Å²) < 4.78 is 47.2. The Kier molecular flexibility index (Phi) is 6.69. The number of benzene rings is 2. The molecule has 5 rings (SSSR count). The van der Waals surface area contributed by atoms with Crippen molar-refractivity contribution in [2.75, 3.05) is 29.3 Å². The smallest absolute Gasteiger partial charge is 0.263 e. The molecule has 2 atom stereocenters. The highest BCUT2D eigenvalue weighted by Crippen LogP contribution is 2.25. The molecule has 1 fully saturated rings. The molecule has 1 aliphatic rings. The molecule has 2 N–H and O–H groups in total. The molecule has 0 unspecified atom stereocenters. The third kappa shape index (κ3) is 5.15. The Labute approximate surface area is 206 Å². The van der Waals surface area contributed by atoms with Crippen molar-refractivity contribution >= 4 is 43.3 Å². The van der Waals surface area contributed by atoms with Gasteiger partial charge in [-0.2, -0.15) is 9.85 Å². The van der Waals surface area contributed by atoms with Gasteiger partial charge in [-0.15, -0.1) is 0 Å². The summed E-state index contributed by atoms with van der Waals surface area (Å²) >= 11 is 0.982. The lowest BCUT2D eigenvalue weighted by Crippen LogP contribution is -2.34. The van der Waals surface area contributed by atoms with Gasteiger partial charge in [0.1, 0.15) is 12.1 Å². The van der Waals surface area contributed by atoms with E-state index >= 15 is 0 Å². The summed E-state index contributed by atoms with van der Waals surface area (Å²) in [6.07, 6.45) is 4.08. The Hall–Kier alpha value is -3.06. The van der Waals surface area contributed by atoms with Crippen molar-refractivity contribution in [1.82, 2.24) is 19.4 Å². The number of hydrogen-bond donors (Lipinski definition) is 2. The number of nitrogens with one attached hydrogen (secondary N) is 2. The van der Waals surface area contributed by atoms with E-state index in [1.165, 1.54) is 12.4 Å². The van der Waals surface area contributed by atoms with E-state index in [-0.39, 0.29) is 27.9 Å². The highest BCUT2D eigenvalue weighted by atomic mass is 32.2. The van der Waals surface area contributed by atoms with E-state index in [1.807, 2.05) is 23.8 Å². The van der Waals surface area contributed by atoms with E-state index in [2.05, 4.69) is 24.5 Å². The van der Waals surface area contributed by atoms with Gasteiger partial charge in [-0.3, -0.25) is 9.56 Å². The summed E-state index contributed by atoms with van der Waals surface area (Å²) in [5.74, 6) is -0.225. The minimum Gasteiger partial charge on any atom is -0.370 e. The van der Waals surface area contributed by atoms with E-state index in [0.29, 0.717) is 12.0 Å². The quantitative estimate of drug-likeness (QED) is 0.326. The second kappa shape index (κ2) is 9.90. The molecule has 35 heavy (non-hydrogen) atoms. The molecule has 9 nitrogen and oxygen atoms in total. The van der Waals surface area contributed by atoms with Crippen LogP contribution in [0.3, 0.4) is 0 Å². The zero-order chi connectivity index (χ0) is 24.4. The molecule has 1 aliphatic heterocycles. The van der Waals surface area contributed by atoms with Crippen molar-refractivity contribution in [2.24, 2.45) is 0 Å². The molecule has 0 radical (unpaired) electrons. The Morgan fingerprint density at radius 2 is 2.06 bits per heavy atom. The normalized spacial score (nSPS) is 17.2. The minimum absolute atomic E-state index is 0.0302. The monoisotopic (exact) mass is 516 g/mol. The Morgan fingerprint density at radius 1 is 1.23 bits per heavy atom. The van der Waals surface area contributed by atoms with Crippen molar-refractivity contribution in [2.45, 2.75) is 30.3 Å². The largest absolute Gasteiger partial charge is 0.370 e. The number of hydrogen-bond acceptors (Lipinski definition) is 8. The summed E-state index contributed by atoms with van der Waals surface area (Å²) in [4.78, 5) is 12.0. The van der Waals surface area contributed by atoms with Crippen molar-refractivity contribution in [3.63, 3.8) is 0 Å². The molecule has 2 aromatic carbocycles. The minimum atomic E-state index is -3.71. The first-order valence-corrected chi connectivity index (χ1v) is 13.4. The summed E-state index contributed by atoms with van der Waals surface area (Å²) in [6.45, 7) is 4.03. The standard InChI is InChI=1S/C23H25FN6O3S2/c1-16(30-12-10-20-21(24)3-2-4-22(20)30)14-33-27-17-9-11-29(13-17)18-5-7-19(8-6-18)35(31,32)28-23-25-15-26-34-23/h2-8,10,12,15-17,27H,9,11,13-14H2,1H3,(H,25,26,28)/t16-,17-/m1/s1. The van der Waals surface area contributed by atoms with Gasteiger partial charge in [-0.1, -0.05) is 6.07 Å². The molecular weight excluding hydrogens is 491 g/mol. The van der Waals surface area contributed by atoms with Gasteiger partial charge in [0.15, 0.2) is 0 Å². The van der Waals surface area contributed by atoms with E-state index in [4.69, 9.17) is 4.84 Å². The molecule has 0 saturated carbocycles. The van der Waals surface area contributed by atoms with Gasteiger partial charge in [0.2, 0.25) is 5.13 Å². The first-order valence-electron chi connectivity index (χ1n) is 11.2. The van der Waals surface area contributed by atoms with E-state index < -0.39 is 10.0 Å². The molecule has 2 aromatic heterocycles. The second-order valence-corrected chi connectivity index (χ2v) is 10.9. The molecule has 1 saturated heterocycles. The summed E-state index contributed by atoms with van der Waals surface area (Å²) in [7, 11) is -3.71. The first-order chi connectivity index (χ1) is 16.9. The fourth-order valence-corrected chi connectivity index (χ4v) is 5.88. The fourth-order valence-electron chi connectivity index (χ4n) is 4.22. The molecule has 4 aromatic rings. The van der Waals surface area contributed by atoms with Gasteiger partial charge in [0.05, 0.1) is 29.1 Å². The Bertz CT molecular complexity index is 1390. The van der Waals surface area contributed by atoms with Crippen LogP contribution in [0.5, 0.6) is 0 Å². The van der Waals surface area contributed by atoms with Gasteiger partial charge < -0.3 is 9.47 Å². The van der Waals surface area contributed by atoms with Crippen LogP contribution in [-0.4, -0.2) is 48.1 Å². The predicted molar refractivity (Wildman–Crippen MR) is 133 cm³/mol. The van der Waals surface area contributed by atoms with Crippen molar-refractivity contribution in [3.8, 4) is 0 Å². The maximum absolute atomic E-state index is 14.0. The maximum atomic E-state index is 14.0. The molecular formula is C23H25FN6O3S2. The summed E-state index contributed by atoms with van der Waals surface area (Å²) in [6, 6.07) is 13.8. The Balaban J connectivity index is 1.13. The van der Waals surface area contributed by atoms with Crippen LogP contribution in [-0.2, 0) is 14.9 Å².